The summed E-state index contributed by atoms with van der Waals surface area (Å²) in [5.74, 6) is 0.589. The summed E-state index contributed by atoms with van der Waals surface area (Å²) in [7, 11) is 0. The van der Waals surface area contributed by atoms with Crippen LogP contribution in [0.25, 0.3) is 0 Å². The van der Waals surface area contributed by atoms with E-state index in [4.69, 9.17) is 13.9 Å². The molecule has 18 heavy (non-hydrogen) atoms. The molecule has 2 aliphatic rings. The molecule has 0 radical (unpaired) electrons. The lowest BCUT2D eigenvalue weighted by atomic mass is 9.95. The number of nitrogens with zero attached hydrogens (tertiary/aromatic N) is 3. The number of aryl methyl sites for hydroxylation is 1. The van der Waals surface area contributed by atoms with Crippen LogP contribution in [0.4, 0.5) is 6.01 Å². The molecule has 3 heterocycles. The Morgan fingerprint density at radius 2 is 2.06 bits per heavy atom. The molecule has 1 spiro atoms. The van der Waals surface area contributed by atoms with E-state index in [-0.39, 0.29) is 11.2 Å². The molecule has 6 nitrogen and oxygen atoms in total. The van der Waals surface area contributed by atoms with Gasteiger partial charge in [-0.05, 0) is 13.8 Å². The van der Waals surface area contributed by atoms with Gasteiger partial charge >= 0.3 is 6.01 Å². The van der Waals surface area contributed by atoms with Gasteiger partial charge in [-0.1, -0.05) is 5.10 Å². The number of ether oxygens (including phenoxy) is 2. The molecule has 1 aromatic heterocycles. The van der Waals surface area contributed by atoms with E-state index >= 15 is 0 Å². The van der Waals surface area contributed by atoms with E-state index in [9.17, 15) is 0 Å². The summed E-state index contributed by atoms with van der Waals surface area (Å²) in [5.41, 5.74) is -0.474. The summed E-state index contributed by atoms with van der Waals surface area (Å²) in [6.07, 6.45) is 0.917. The Morgan fingerprint density at radius 1 is 1.22 bits per heavy atom. The standard InChI is InChI=1S/C12H19N3O3/c1-9-13-14-10(17-9)15-6-11(2,3)18-12(7-15)4-5-16-8-12/h4-8H2,1-3H3/t12-/m1/s1. The predicted molar refractivity (Wildman–Crippen MR) is 64.6 cm³/mol. The molecule has 0 N–H and O–H groups in total. The molecule has 1 atom stereocenters. The molecule has 0 amide bonds. The van der Waals surface area contributed by atoms with Crippen molar-refractivity contribution in [3.05, 3.63) is 5.89 Å². The van der Waals surface area contributed by atoms with Crippen molar-refractivity contribution in [2.75, 3.05) is 31.2 Å². The molecule has 0 aromatic carbocycles. The number of hydrogen-bond acceptors (Lipinski definition) is 6. The summed E-state index contributed by atoms with van der Waals surface area (Å²) < 4.78 is 17.3. The minimum Gasteiger partial charge on any atom is -0.408 e. The third kappa shape index (κ3) is 2.10. The first-order valence-corrected chi connectivity index (χ1v) is 6.31. The highest BCUT2D eigenvalue weighted by atomic mass is 16.6. The Balaban J connectivity index is 1.86. The molecular formula is C12H19N3O3. The Morgan fingerprint density at radius 3 is 2.67 bits per heavy atom. The summed E-state index contributed by atoms with van der Waals surface area (Å²) >= 11 is 0. The minimum atomic E-state index is -0.242. The number of anilines is 1. The van der Waals surface area contributed by atoms with Gasteiger partial charge in [0.05, 0.1) is 25.3 Å². The molecular weight excluding hydrogens is 234 g/mol. The van der Waals surface area contributed by atoms with Crippen LogP contribution >= 0.6 is 0 Å². The van der Waals surface area contributed by atoms with Crippen molar-refractivity contribution in [1.29, 1.82) is 0 Å². The number of rotatable bonds is 1. The van der Waals surface area contributed by atoms with Gasteiger partial charge in [0.1, 0.15) is 5.60 Å². The summed E-state index contributed by atoms with van der Waals surface area (Å²) in [6, 6.07) is 0.579. The Hall–Kier alpha value is -1.14. The van der Waals surface area contributed by atoms with Crippen LogP contribution in [0, 0.1) is 6.92 Å². The van der Waals surface area contributed by atoms with Crippen molar-refractivity contribution in [1.82, 2.24) is 10.2 Å². The zero-order valence-electron chi connectivity index (χ0n) is 11.1. The van der Waals surface area contributed by atoms with Gasteiger partial charge in [-0.2, -0.15) is 0 Å². The van der Waals surface area contributed by atoms with Crippen molar-refractivity contribution in [3.8, 4) is 0 Å². The molecule has 0 saturated carbocycles. The maximum Gasteiger partial charge on any atom is 0.318 e. The van der Waals surface area contributed by atoms with Crippen LogP contribution in [0.2, 0.25) is 0 Å². The quantitative estimate of drug-likeness (QED) is 0.748. The van der Waals surface area contributed by atoms with E-state index in [2.05, 4.69) is 28.9 Å². The smallest absolute Gasteiger partial charge is 0.318 e. The Bertz CT molecular complexity index is 438. The van der Waals surface area contributed by atoms with Crippen molar-refractivity contribution in [3.63, 3.8) is 0 Å². The average molecular weight is 253 g/mol. The molecule has 100 valence electrons. The summed E-state index contributed by atoms with van der Waals surface area (Å²) in [6.45, 7) is 8.86. The van der Waals surface area contributed by atoms with Gasteiger partial charge in [0.15, 0.2) is 0 Å². The van der Waals surface area contributed by atoms with Gasteiger partial charge in [0.2, 0.25) is 5.89 Å². The largest absolute Gasteiger partial charge is 0.408 e. The lowest BCUT2D eigenvalue weighted by molar-refractivity contribution is -0.151. The molecule has 3 rings (SSSR count). The van der Waals surface area contributed by atoms with Crippen molar-refractivity contribution >= 4 is 6.01 Å². The van der Waals surface area contributed by atoms with Crippen LogP contribution in [-0.4, -0.2) is 47.7 Å². The monoisotopic (exact) mass is 253 g/mol. The highest BCUT2D eigenvalue weighted by Gasteiger charge is 2.47. The van der Waals surface area contributed by atoms with E-state index < -0.39 is 0 Å². The molecule has 2 saturated heterocycles. The number of morpholine rings is 1. The van der Waals surface area contributed by atoms with Gasteiger partial charge in [-0.3, -0.25) is 0 Å². The molecule has 0 bridgehead atoms. The van der Waals surface area contributed by atoms with Crippen LogP contribution in [0.3, 0.4) is 0 Å². The van der Waals surface area contributed by atoms with Crippen molar-refractivity contribution in [2.24, 2.45) is 0 Å². The van der Waals surface area contributed by atoms with E-state index in [1.165, 1.54) is 0 Å². The third-order valence-electron chi connectivity index (χ3n) is 3.40. The molecule has 0 unspecified atom stereocenters. The first-order valence-electron chi connectivity index (χ1n) is 6.31. The summed E-state index contributed by atoms with van der Waals surface area (Å²) in [4.78, 5) is 2.11. The fourth-order valence-corrected chi connectivity index (χ4v) is 2.86. The van der Waals surface area contributed by atoms with Crippen molar-refractivity contribution in [2.45, 2.75) is 38.4 Å². The van der Waals surface area contributed by atoms with E-state index in [1.54, 1.807) is 6.92 Å². The molecule has 1 aromatic rings. The van der Waals surface area contributed by atoms with Crippen LogP contribution in [-0.2, 0) is 9.47 Å². The second kappa shape index (κ2) is 3.93. The van der Waals surface area contributed by atoms with Crippen LogP contribution in [0.1, 0.15) is 26.2 Å². The van der Waals surface area contributed by atoms with Gasteiger partial charge in [0, 0.05) is 20.0 Å². The average Bonchev–Trinajstić information content (AvgIpc) is 2.86. The normalized spacial score (nSPS) is 31.2. The highest BCUT2D eigenvalue weighted by molar-refractivity contribution is 5.29. The molecule has 2 fully saturated rings. The SMILES string of the molecule is Cc1nnc(N2CC(C)(C)O[C@]3(CCOC3)C2)o1. The van der Waals surface area contributed by atoms with E-state index in [0.717, 1.165) is 26.1 Å². The number of hydrogen-bond donors (Lipinski definition) is 0. The second-order valence-electron chi connectivity index (χ2n) is 5.81. The molecule has 6 heteroatoms. The predicted octanol–water partition coefficient (Wildman–Crippen LogP) is 1.15. The fourth-order valence-electron chi connectivity index (χ4n) is 2.86. The fraction of sp³-hybridized carbons (Fsp3) is 0.833. The van der Waals surface area contributed by atoms with Crippen LogP contribution in [0.5, 0.6) is 0 Å². The molecule has 2 aliphatic heterocycles. The maximum absolute atomic E-state index is 6.22. The minimum absolute atomic E-state index is 0.232. The first kappa shape index (κ1) is 11.9. The van der Waals surface area contributed by atoms with Crippen LogP contribution in [0.15, 0.2) is 4.42 Å². The Kier molecular flexibility index (Phi) is 2.60. The van der Waals surface area contributed by atoms with Crippen LogP contribution < -0.4 is 4.90 Å². The van der Waals surface area contributed by atoms with Gasteiger partial charge in [-0.25, -0.2) is 0 Å². The Labute approximate surface area is 106 Å². The highest BCUT2D eigenvalue weighted by Crippen LogP contribution is 2.36. The lowest BCUT2D eigenvalue weighted by Crippen LogP contribution is -2.60. The summed E-state index contributed by atoms with van der Waals surface area (Å²) in [5, 5.41) is 8.00. The van der Waals surface area contributed by atoms with E-state index in [0.29, 0.717) is 18.5 Å². The van der Waals surface area contributed by atoms with E-state index in [1.807, 2.05) is 0 Å². The zero-order chi connectivity index (χ0) is 12.8. The third-order valence-corrected chi connectivity index (χ3v) is 3.40. The zero-order valence-corrected chi connectivity index (χ0v) is 11.1. The molecule has 0 aliphatic carbocycles. The lowest BCUT2D eigenvalue weighted by Gasteiger charge is -2.47. The van der Waals surface area contributed by atoms with Gasteiger partial charge < -0.3 is 18.8 Å². The maximum atomic E-state index is 6.22. The van der Waals surface area contributed by atoms with Gasteiger partial charge in [0.25, 0.3) is 0 Å². The number of aromatic nitrogens is 2. The first-order chi connectivity index (χ1) is 8.48. The topological polar surface area (TPSA) is 60.6 Å². The van der Waals surface area contributed by atoms with Gasteiger partial charge in [-0.15, -0.1) is 5.10 Å². The second-order valence-corrected chi connectivity index (χ2v) is 5.81. The van der Waals surface area contributed by atoms with Crippen molar-refractivity contribution < 1.29 is 13.9 Å².